The highest BCUT2D eigenvalue weighted by Gasteiger charge is 2.17. The van der Waals surface area contributed by atoms with Crippen LogP contribution < -0.4 is 10.1 Å². The molecule has 2 heterocycles. The number of ether oxygens (including phenoxy) is 1. The summed E-state index contributed by atoms with van der Waals surface area (Å²) < 4.78 is 20.0. The van der Waals surface area contributed by atoms with Crippen LogP contribution in [0.5, 0.6) is 5.75 Å². The van der Waals surface area contributed by atoms with Crippen LogP contribution in [0.3, 0.4) is 0 Å². The van der Waals surface area contributed by atoms with E-state index in [4.69, 9.17) is 4.74 Å². The van der Waals surface area contributed by atoms with Crippen molar-refractivity contribution in [3.8, 4) is 16.3 Å². The summed E-state index contributed by atoms with van der Waals surface area (Å²) in [5.41, 5.74) is 2.63. The van der Waals surface area contributed by atoms with Gasteiger partial charge in [-0.2, -0.15) is 0 Å². The molecule has 0 fully saturated rings. The molecule has 0 atom stereocenters. The van der Waals surface area contributed by atoms with E-state index in [9.17, 15) is 4.39 Å². The van der Waals surface area contributed by atoms with Crippen molar-refractivity contribution in [1.82, 2.24) is 4.98 Å². The summed E-state index contributed by atoms with van der Waals surface area (Å²) in [6.45, 7) is 1.45. The molecule has 1 N–H and O–H groups in total. The van der Waals surface area contributed by atoms with Gasteiger partial charge >= 0.3 is 0 Å². The first-order valence-corrected chi connectivity index (χ1v) is 7.19. The molecule has 0 bridgehead atoms. The van der Waals surface area contributed by atoms with Gasteiger partial charge in [0.05, 0.1) is 21.5 Å². The molecular formula is C15H11FN2OS. The number of fused-ring (bicyclic) bond motifs is 2. The first-order chi connectivity index (χ1) is 9.81. The molecule has 5 heteroatoms. The topological polar surface area (TPSA) is 34.1 Å². The van der Waals surface area contributed by atoms with Gasteiger partial charge in [0.15, 0.2) is 5.75 Å². The maximum atomic E-state index is 13.3. The maximum absolute atomic E-state index is 13.3. The number of nitrogens with zero attached hydrogens (tertiary/aromatic N) is 1. The summed E-state index contributed by atoms with van der Waals surface area (Å²) in [4.78, 5) is 4.52. The summed E-state index contributed by atoms with van der Waals surface area (Å²) >= 11 is 1.55. The van der Waals surface area contributed by atoms with Gasteiger partial charge in [-0.1, -0.05) is 6.07 Å². The van der Waals surface area contributed by atoms with Crippen LogP contribution in [0.15, 0.2) is 36.4 Å². The number of nitrogens with one attached hydrogen (secondary N) is 1. The maximum Gasteiger partial charge on any atom is 0.152 e. The van der Waals surface area contributed by atoms with Gasteiger partial charge in [-0.05, 0) is 24.3 Å². The number of aromatic nitrogens is 1. The predicted molar refractivity (Wildman–Crippen MR) is 79.0 cm³/mol. The Labute approximate surface area is 119 Å². The minimum absolute atomic E-state index is 0.262. The smallest absolute Gasteiger partial charge is 0.152 e. The molecule has 0 aliphatic carbocycles. The van der Waals surface area contributed by atoms with Crippen LogP contribution >= 0.6 is 11.3 Å². The van der Waals surface area contributed by atoms with Crippen LogP contribution in [-0.2, 0) is 0 Å². The van der Waals surface area contributed by atoms with Crippen LogP contribution in [0.4, 0.5) is 10.1 Å². The summed E-state index contributed by atoms with van der Waals surface area (Å²) in [6.07, 6.45) is 0. The van der Waals surface area contributed by atoms with E-state index in [2.05, 4.69) is 10.3 Å². The van der Waals surface area contributed by atoms with E-state index in [1.807, 2.05) is 18.2 Å². The molecule has 3 aromatic rings. The molecule has 0 unspecified atom stereocenters. The second kappa shape index (κ2) is 4.45. The molecule has 100 valence electrons. The van der Waals surface area contributed by atoms with E-state index in [1.54, 1.807) is 17.4 Å². The van der Waals surface area contributed by atoms with Crippen molar-refractivity contribution < 1.29 is 9.13 Å². The zero-order valence-electron chi connectivity index (χ0n) is 10.5. The Balaban J connectivity index is 1.90. The van der Waals surface area contributed by atoms with Crippen molar-refractivity contribution in [3.63, 3.8) is 0 Å². The largest absolute Gasteiger partial charge is 0.489 e. The Hall–Kier alpha value is -2.14. The molecule has 0 amide bonds. The SMILES string of the molecule is Fc1ccc2sc(-c3cccc4c3OCCN4)nc2c1. The van der Waals surface area contributed by atoms with Gasteiger partial charge in [0.25, 0.3) is 0 Å². The lowest BCUT2D eigenvalue weighted by Gasteiger charge is -2.20. The highest BCUT2D eigenvalue weighted by molar-refractivity contribution is 7.21. The minimum atomic E-state index is -0.262. The number of anilines is 1. The average Bonchev–Trinajstić information content (AvgIpc) is 2.89. The third kappa shape index (κ3) is 1.82. The predicted octanol–water partition coefficient (Wildman–Crippen LogP) is 3.91. The molecule has 2 aromatic carbocycles. The van der Waals surface area contributed by atoms with Crippen molar-refractivity contribution in [2.45, 2.75) is 0 Å². The lowest BCUT2D eigenvalue weighted by atomic mass is 10.1. The van der Waals surface area contributed by atoms with Crippen LogP contribution in [0.25, 0.3) is 20.8 Å². The molecule has 1 aliphatic rings. The standard InChI is InChI=1S/C15H11FN2OS/c16-9-4-5-13-12(8-9)18-15(20-13)10-2-1-3-11-14(10)19-7-6-17-11/h1-5,8,17H,6-7H2. The van der Waals surface area contributed by atoms with Crippen molar-refractivity contribution in [1.29, 1.82) is 0 Å². The van der Waals surface area contributed by atoms with Crippen molar-refractivity contribution in [3.05, 3.63) is 42.2 Å². The van der Waals surface area contributed by atoms with Gasteiger partial charge in [0.2, 0.25) is 0 Å². The second-order valence-electron chi connectivity index (χ2n) is 4.59. The molecule has 0 saturated heterocycles. The zero-order chi connectivity index (χ0) is 13.5. The Kier molecular flexibility index (Phi) is 2.60. The normalized spacial score (nSPS) is 13.7. The molecule has 1 aromatic heterocycles. The number of hydrogen-bond acceptors (Lipinski definition) is 4. The van der Waals surface area contributed by atoms with E-state index in [-0.39, 0.29) is 5.82 Å². The van der Waals surface area contributed by atoms with Gasteiger partial charge in [-0.25, -0.2) is 9.37 Å². The Morgan fingerprint density at radius 1 is 1.25 bits per heavy atom. The summed E-state index contributed by atoms with van der Waals surface area (Å²) in [5.74, 6) is 0.570. The summed E-state index contributed by atoms with van der Waals surface area (Å²) in [7, 11) is 0. The van der Waals surface area contributed by atoms with Crippen molar-refractivity contribution in [2.24, 2.45) is 0 Å². The zero-order valence-corrected chi connectivity index (χ0v) is 11.3. The third-order valence-electron chi connectivity index (χ3n) is 3.26. The summed E-state index contributed by atoms with van der Waals surface area (Å²) in [6, 6.07) is 10.6. The monoisotopic (exact) mass is 286 g/mol. The molecule has 0 radical (unpaired) electrons. The first kappa shape index (κ1) is 11.7. The Morgan fingerprint density at radius 2 is 2.20 bits per heavy atom. The molecule has 1 aliphatic heterocycles. The van der Waals surface area contributed by atoms with Crippen LogP contribution in [0.2, 0.25) is 0 Å². The third-order valence-corrected chi connectivity index (χ3v) is 4.33. The first-order valence-electron chi connectivity index (χ1n) is 6.37. The number of benzene rings is 2. The average molecular weight is 286 g/mol. The van der Waals surface area contributed by atoms with Gasteiger partial charge < -0.3 is 10.1 Å². The lowest BCUT2D eigenvalue weighted by molar-refractivity contribution is 0.324. The fraction of sp³-hybridized carbons (Fsp3) is 0.133. The molecule has 20 heavy (non-hydrogen) atoms. The van der Waals surface area contributed by atoms with Crippen LogP contribution in [-0.4, -0.2) is 18.1 Å². The number of rotatable bonds is 1. The lowest BCUT2D eigenvalue weighted by Crippen LogP contribution is -2.18. The number of halogens is 1. The van der Waals surface area contributed by atoms with Crippen molar-refractivity contribution in [2.75, 3.05) is 18.5 Å². The highest BCUT2D eigenvalue weighted by atomic mass is 32.1. The molecule has 0 saturated carbocycles. The molecule has 4 rings (SSSR count). The van der Waals surface area contributed by atoms with E-state index in [0.717, 1.165) is 33.3 Å². The second-order valence-corrected chi connectivity index (χ2v) is 5.62. The minimum Gasteiger partial charge on any atom is -0.489 e. The highest BCUT2D eigenvalue weighted by Crippen LogP contribution is 2.40. The number of hydrogen-bond donors (Lipinski definition) is 1. The van der Waals surface area contributed by atoms with Crippen LogP contribution in [0, 0.1) is 5.82 Å². The van der Waals surface area contributed by atoms with E-state index in [0.29, 0.717) is 12.1 Å². The Morgan fingerprint density at radius 3 is 3.15 bits per heavy atom. The summed E-state index contributed by atoms with van der Waals surface area (Å²) in [5, 5.41) is 4.16. The number of thiazole rings is 1. The molecular weight excluding hydrogens is 275 g/mol. The number of para-hydroxylation sites is 1. The van der Waals surface area contributed by atoms with Crippen molar-refractivity contribution >= 4 is 27.2 Å². The van der Waals surface area contributed by atoms with Gasteiger partial charge in [-0.3, -0.25) is 0 Å². The van der Waals surface area contributed by atoms with E-state index in [1.165, 1.54) is 12.1 Å². The van der Waals surface area contributed by atoms with Crippen LogP contribution in [0.1, 0.15) is 0 Å². The molecule has 3 nitrogen and oxygen atoms in total. The van der Waals surface area contributed by atoms with E-state index < -0.39 is 0 Å². The van der Waals surface area contributed by atoms with Gasteiger partial charge in [0, 0.05) is 12.6 Å². The van der Waals surface area contributed by atoms with Gasteiger partial charge in [-0.15, -0.1) is 11.3 Å². The fourth-order valence-corrected chi connectivity index (χ4v) is 3.32. The quantitative estimate of drug-likeness (QED) is 0.736. The Bertz CT molecular complexity index is 800. The molecule has 0 spiro atoms. The van der Waals surface area contributed by atoms with Gasteiger partial charge in [0.1, 0.15) is 17.4 Å². The fourth-order valence-electron chi connectivity index (χ4n) is 2.35. The van der Waals surface area contributed by atoms with E-state index >= 15 is 0 Å².